The van der Waals surface area contributed by atoms with Crippen LogP contribution in [0.15, 0.2) is 12.7 Å². The van der Waals surface area contributed by atoms with Gasteiger partial charge in [0.1, 0.15) is 0 Å². The molecule has 0 saturated heterocycles. The Morgan fingerprint density at radius 3 is 2.53 bits per heavy atom. The highest BCUT2D eigenvalue weighted by Gasteiger charge is 2.28. The van der Waals surface area contributed by atoms with Crippen molar-refractivity contribution in [1.82, 2.24) is 10.4 Å². The number of hydrogen-bond donors (Lipinski definition) is 1. The van der Waals surface area contributed by atoms with Crippen LogP contribution in [0.3, 0.4) is 0 Å². The fraction of sp³-hybridized carbons (Fsp3) is 0.750. The highest BCUT2D eigenvalue weighted by molar-refractivity contribution is 7.99. The van der Waals surface area contributed by atoms with Crippen LogP contribution in [0.5, 0.6) is 0 Å². The van der Waals surface area contributed by atoms with Gasteiger partial charge in [0, 0.05) is 24.8 Å². The van der Waals surface area contributed by atoms with Crippen LogP contribution in [0.25, 0.3) is 0 Å². The van der Waals surface area contributed by atoms with E-state index in [9.17, 15) is 0 Å². The maximum Gasteiger partial charge on any atom is 0.0419 e. The molecule has 0 aliphatic carbocycles. The van der Waals surface area contributed by atoms with Gasteiger partial charge in [0.05, 0.1) is 0 Å². The smallest absolute Gasteiger partial charge is 0.0419 e. The molecule has 19 heavy (non-hydrogen) atoms. The normalized spacial score (nSPS) is 17.5. The molecular weight excluding hydrogens is 252 g/mol. The van der Waals surface area contributed by atoms with Gasteiger partial charge in [-0.05, 0) is 38.0 Å². The van der Waals surface area contributed by atoms with Gasteiger partial charge < -0.3 is 0 Å². The molecule has 1 N–H and O–H groups in total. The van der Waals surface area contributed by atoms with E-state index < -0.39 is 0 Å². The number of nitrogens with zero attached hydrogens (tertiary/aromatic N) is 1. The monoisotopic (exact) mass is 282 g/mol. The minimum absolute atomic E-state index is 0.437. The van der Waals surface area contributed by atoms with Gasteiger partial charge in [-0.3, -0.25) is 5.43 Å². The largest absolute Gasteiger partial charge is 0.258 e. The van der Waals surface area contributed by atoms with Crippen molar-refractivity contribution < 1.29 is 0 Å². The molecule has 3 heteroatoms. The Labute approximate surface area is 124 Å². The van der Waals surface area contributed by atoms with Crippen LogP contribution in [0.1, 0.15) is 33.1 Å². The van der Waals surface area contributed by atoms with Crippen molar-refractivity contribution >= 4 is 11.8 Å². The highest BCUT2D eigenvalue weighted by Crippen LogP contribution is 2.28. The number of thioether (sulfide) groups is 1. The maximum absolute atomic E-state index is 5.34. The number of terminal acetylenes is 1. The number of nitrogens with one attached hydrogen (secondary N) is 1. The Morgan fingerprint density at radius 1 is 1.47 bits per heavy atom. The molecule has 110 valence electrons. The number of rotatable bonds is 10. The van der Waals surface area contributed by atoms with Gasteiger partial charge in [-0.25, -0.2) is 5.01 Å². The first-order valence-corrected chi connectivity index (χ1v) is 8.29. The molecule has 0 radical (unpaired) electrons. The van der Waals surface area contributed by atoms with Crippen molar-refractivity contribution in [2.45, 2.75) is 44.4 Å². The molecule has 0 aromatic heterocycles. The van der Waals surface area contributed by atoms with E-state index in [0.717, 1.165) is 12.8 Å². The lowest BCUT2D eigenvalue weighted by Crippen LogP contribution is -2.49. The van der Waals surface area contributed by atoms with Crippen LogP contribution >= 0.6 is 11.8 Å². The fourth-order valence-electron chi connectivity index (χ4n) is 2.67. The van der Waals surface area contributed by atoms with Gasteiger partial charge in [-0.1, -0.05) is 19.9 Å². The van der Waals surface area contributed by atoms with Crippen molar-refractivity contribution in [3.05, 3.63) is 12.7 Å². The predicted molar refractivity (Wildman–Crippen MR) is 89.1 cm³/mol. The molecule has 0 fully saturated rings. The van der Waals surface area contributed by atoms with Crippen LogP contribution in [0.4, 0.5) is 0 Å². The lowest BCUT2D eigenvalue weighted by molar-refractivity contribution is 0.126. The molecule has 0 spiro atoms. The molecule has 2 nitrogen and oxygen atoms in total. The zero-order valence-corrected chi connectivity index (χ0v) is 14.0. The average molecular weight is 282 g/mol. The molecule has 0 aliphatic heterocycles. The molecule has 0 aromatic rings. The van der Waals surface area contributed by atoms with E-state index in [4.69, 9.17) is 6.42 Å². The van der Waals surface area contributed by atoms with E-state index in [1.807, 2.05) is 18.8 Å². The van der Waals surface area contributed by atoms with Crippen molar-refractivity contribution in [2.75, 3.05) is 20.4 Å². The number of hydrazine groups is 1. The molecule has 0 amide bonds. The summed E-state index contributed by atoms with van der Waals surface area (Å²) in [6.07, 6.45) is 12.8. The minimum atomic E-state index is 0.437. The van der Waals surface area contributed by atoms with Crippen LogP contribution in [0.2, 0.25) is 0 Å². The zero-order valence-electron chi connectivity index (χ0n) is 13.1. The third kappa shape index (κ3) is 6.51. The van der Waals surface area contributed by atoms with E-state index in [0.29, 0.717) is 23.1 Å². The first-order valence-electron chi connectivity index (χ1n) is 7.00. The highest BCUT2D eigenvalue weighted by atomic mass is 32.2. The van der Waals surface area contributed by atoms with E-state index in [2.05, 4.69) is 56.2 Å². The molecule has 0 aromatic carbocycles. The van der Waals surface area contributed by atoms with E-state index in [1.165, 1.54) is 6.42 Å². The Balaban J connectivity index is 4.67. The van der Waals surface area contributed by atoms with Crippen LogP contribution in [0, 0.1) is 24.2 Å². The summed E-state index contributed by atoms with van der Waals surface area (Å²) >= 11 is 1.86. The first-order chi connectivity index (χ1) is 9.01. The van der Waals surface area contributed by atoms with Gasteiger partial charge in [0.15, 0.2) is 0 Å². The molecule has 0 aliphatic rings. The average Bonchev–Trinajstić information content (AvgIpc) is 2.41. The molecule has 0 rings (SSSR count). The van der Waals surface area contributed by atoms with Gasteiger partial charge >= 0.3 is 0 Å². The summed E-state index contributed by atoms with van der Waals surface area (Å²) in [5, 5.41) is 2.65. The van der Waals surface area contributed by atoms with Gasteiger partial charge in [0.2, 0.25) is 0 Å². The fourth-order valence-corrected chi connectivity index (χ4v) is 3.59. The van der Waals surface area contributed by atoms with Crippen molar-refractivity contribution in [3.8, 4) is 12.3 Å². The Kier molecular flexibility index (Phi) is 10.1. The topological polar surface area (TPSA) is 15.3 Å². The molecule has 4 unspecified atom stereocenters. The van der Waals surface area contributed by atoms with Crippen LogP contribution in [-0.4, -0.2) is 36.7 Å². The lowest BCUT2D eigenvalue weighted by Gasteiger charge is -2.37. The van der Waals surface area contributed by atoms with Crippen molar-refractivity contribution in [1.29, 1.82) is 0 Å². The van der Waals surface area contributed by atoms with Gasteiger partial charge in [0.25, 0.3) is 0 Å². The van der Waals surface area contributed by atoms with Crippen LogP contribution in [-0.2, 0) is 0 Å². The summed E-state index contributed by atoms with van der Waals surface area (Å²) in [7, 11) is 4.09. The summed E-state index contributed by atoms with van der Waals surface area (Å²) in [6.45, 7) is 8.61. The minimum Gasteiger partial charge on any atom is -0.258 e. The standard InChI is InChI=1S/C16H30N2S/c1-8-10-11-13(3)12-14(4)16(18(6)17-5)15(9-2)19-7/h1,9,13-17H,2,10-12H2,3-7H3. The Hall–Kier alpha value is -0.430. The van der Waals surface area contributed by atoms with Gasteiger partial charge in [-0.2, -0.15) is 11.8 Å². The summed E-state index contributed by atoms with van der Waals surface area (Å²) in [6, 6.07) is 0.450. The van der Waals surface area contributed by atoms with Gasteiger partial charge in [-0.15, -0.1) is 18.9 Å². The number of hydrogen-bond acceptors (Lipinski definition) is 3. The molecule has 0 heterocycles. The molecular formula is C16H30N2S. The quantitative estimate of drug-likeness (QED) is 0.375. The first kappa shape index (κ1) is 18.6. The summed E-state index contributed by atoms with van der Waals surface area (Å²) in [5.74, 6) is 4.01. The molecule has 4 atom stereocenters. The SMILES string of the molecule is C#CCCC(C)CC(C)C(C(C=C)SC)N(C)NC. The van der Waals surface area contributed by atoms with Crippen molar-refractivity contribution in [3.63, 3.8) is 0 Å². The molecule has 0 bridgehead atoms. The second-order valence-electron chi connectivity index (χ2n) is 5.32. The third-order valence-corrected chi connectivity index (χ3v) is 4.80. The van der Waals surface area contributed by atoms with E-state index in [1.54, 1.807) is 0 Å². The second kappa shape index (κ2) is 10.4. The van der Waals surface area contributed by atoms with Crippen LogP contribution < -0.4 is 5.43 Å². The Bertz CT molecular complexity index is 285. The maximum atomic E-state index is 5.34. The lowest BCUT2D eigenvalue weighted by atomic mass is 9.87. The summed E-state index contributed by atoms with van der Waals surface area (Å²) in [4.78, 5) is 0. The zero-order chi connectivity index (χ0) is 14.8. The summed E-state index contributed by atoms with van der Waals surface area (Å²) in [5.41, 5.74) is 3.25. The molecule has 0 saturated carbocycles. The third-order valence-electron chi connectivity index (χ3n) is 3.78. The van der Waals surface area contributed by atoms with E-state index >= 15 is 0 Å². The predicted octanol–water partition coefficient (Wildman–Crippen LogP) is 3.41. The Morgan fingerprint density at radius 2 is 2.11 bits per heavy atom. The summed E-state index contributed by atoms with van der Waals surface area (Å²) < 4.78 is 0. The van der Waals surface area contributed by atoms with E-state index in [-0.39, 0.29) is 0 Å². The van der Waals surface area contributed by atoms with Crippen molar-refractivity contribution in [2.24, 2.45) is 11.8 Å². The second-order valence-corrected chi connectivity index (χ2v) is 6.34.